The van der Waals surface area contributed by atoms with Gasteiger partial charge in [-0.1, -0.05) is 38.8 Å². The van der Waals surface area contributed by atoms with E-state index < -0.39 is 0 Å². The Kier molecular flexibility index (Phi) is 5.26. The van der Waals surface area contributed by atoms with Gasteiger partial charge in [-0.3, -0.25) is 0 Å². The topological polar surface area (TPSA) is 35.2 Å². The predicted molar refractivity (Wildman–Crippen MR) is 80.5 cm³/mol. The van der Waals surface area contributed by atoms with E-state index in [2.05, 4.69) is 38.1 Å². The quantitative estimate of drug-likeness (QED) is 0.871. The second-order valence-corrected chi connectivity index (χ2v) is 5.80. The molecule has 1 aromatic carbocycles. The third kappa shape index (κ3) is 3.97. The maximum absolute atomic E-state index is 6.20. The summed E-state index contributed by atoms with van der Waals surface area (Å²) >= 11 is 0. The van der Waals surface area contributed by atoms with Crippen LogP contribution in [0.25, 0.3) is 0 Å². The van der Waals surface area contributed by atoms with Crippen LogP contribution in [-0.2, 0) is 6.42 Å². The van der Waals surface area contributed by atoms with E-state index in [1.54, 1.807) is 0 Å². The van der Waals surface area contributed by atoms with E-state index in [-0.39, 0.29) is 12.1 Å². The molecule has 1 aliphatic carbocycles. The Labute approximate surface area is 117 Å². The molecule has 2 rings (SSSR count). The van der Waals surface area contributed by atoms with Gasteiger partial charge in [0.15, 0.2) is 0 Å². The molecule has 19 heavy (non-hydrogen) atoms. The second-order valence-electron chi connectivity index (χ2n) is 5.80. The molecule has 2 nitrogen and oxygen atoms in total. The number of ether oxygens (including phenoxy) is 1. The van der Waals surface area contributed by atoms with Gasteiger partial charge < -0.3 is 10.5 Å². The molecular formula is C17H27NO. The molecule has 1 aliphatic rings. The van der Waals surface area contributed by atoms with Crippen LogP contribution >= 0.6 is 0 Å². The lowest BCUT2D eigenvalue weighted by atomic mass is 9.83. The number of nitrogens with two attached hydrogens (primary N) is 1. The molecule has 1 aromatic rings. The molecule has 1 fully saturated rings. The molecule has 0 aliphatic heterocycles. The van der Waals surface area contributed by atoms with Crippen molar-refractivity contribution in [3.63, 3.8) is 0 Å². The number of aryl methyl sites for hydroxylation is 1. The molecule has 0 bridgehead atoms. The molecule has 106 valence electrons. The zero-order valence-corrected chi connectivity index (χ0v) is 12.3. The van der Waals surface area contributed by atoms with Gasteiger partial charge in [-0.25, -0.2) is 0 Å². The third-order valence-corrected chi connectivity index (χ3v) is 4.28. The van der Waals surface area contributed by atoms with Crippen LogP contribution in [0.4, 0.5) is 0 Å². The highest BCUT2D eigenvalue weighted by molar-refractivity contribution is 5.27. The number of hydrogen-bond acceptors (Lipinski definition) is 2. The lowest BCUT2D eigenvalue weighted by Gasteiger charge is -2.33. The molecule has 0 amide bonds. The Bertz CT molecular complexity index is 373. The van der Waals surface area contributed by atoms with E-state index in [1.165, 1.54) is 24.8 Å². The Morgan fingerprint density at radius 1 is 1.16 bits per heavy atom. The predicted octanol–water partition coefficient (Wildman–Crippen LogP) is 3.92. The van der Waals surface area contributed by atoms with Gasteiger partial charge in [-0.15, -0.1) is 0 Å². The van der Waals surface area contributed by atoms with Crippen LogP contribution in [0.1, 0.15) is 51.5 Å². The summed E-state index contributed by atoms with van der Waals surface area (Å²) in [7, 11) is 0. The van der Waals surface area contributed by atoms with E-state index in [4.69, 9.17) is 10.5 Å². The summed E-state index contributed by atoms with van der Waals surface area (Å²) in [6.45, 7) is 4.47. The van der Waals surface area contributed by atoms with Gasteiger partial charge in [-0.05, 0) is 49.3 Å². The molecular weight excluding hydrogens is 234 g/mol. The minimum atomic E-state index is 0.190. The number of benzene rings is 1. The van der Waals surface area contributed by atoms with Crippen molar-refractivity contribution < 1.29 is 4.74 Å². The zero-order valence-electron chi connectivity index (χ0n) is 12.3. The highest BCUT2D eigenvalue weighted by Crippen LogP contribution is 2.29. The first-order chi connectivity index (χ1) is 9.22. The van der Waals surface area contributed by atoms with Crippen LogP contribution in [0.3, 0.4) is 0 Å². The molecule has 3 atom stereocenters. The molecule has 0 spiro atoms. The van der Waals surface area contributed by atoms with Crippen molar-refractivity contribution in [2.75, 3.05) is 0 Å². The smallest absolute Gasteiger partial charge is 0.119 e. The monoisotopic (exact) mass is 261 g/mol. The largest absolute Gasteiger partial charge is 0.489 e. The van der Waals surface area contributed by atoms with Crippen LogP contribution < -0.4 is 10.5 Å². The summed E-state index contributed by atoms with van der Waals surface area (Å²) in [5.74, 6) is 1.75. The summed E-state index contributed by atoms with van der Waals surface area (Å²) in [6.07, 6.45) is 7.21. The summed E-state index contributed by atoms with van der Waals surface area (Å²) < 4.78 is 6.11. The summed E-state index contributed by atoms with van der Waals surface area (Å²) in [4.78, 5) is 0. The molecule has 0 radical (unpaired) electrons. The second kappa shape index (κ2) is 6.95. The minimum absolute atomic E-state index is 0.190. The highest BCUT2D eigenvalue weighted by Gasteiger charge is 2.28. The Hall–Kier alpha value is -1.02. The van der Waals surface area contributed by atoms with Crippen LogP contribution in [0.5, 0.6) is 5.75 Å². The fourth-order valence-electron chi connectivity index (χ4n) is 2.94. The zero-order chi connectivity index (χ0) is 13.7. The lowest BCUT2D eigenvalue weighted by Crippen LogP contribution is -2.43. The Morgan fingerprint density at radius 2 is 1.89 bits per heavy atom. The van der Waals surface area contributed by atoms with Crippen LogP contribution in [-0.4, -0.2) is 12.1 Å². The van der Waals surface area contributed by atoms with Gasteiger partial charge in [0, 0.05) is 6.04 Å². The first-order valence-corrected chi connectivity index (χ1v) is 7.74. The SMILES string of the molecule is CCCc1ccc(OC2CC(CC)CCC2N)cc1. The highest BCUT2D eigenvalue weighted by atomic mass is 16.5. The van der Waals surface area contributed by atoms with E-state index in [1.807, 2.05) is 0 Å². The van der Waals surface area contributed by atoms with Crippen molar-refractivity contribution in [3.05, 3.63) is 29.8 Å². The van der Waals surface area contributed by atoms with Gasteiger partial charge in [0.25, 0.3) is 0 Å². The summed E-state index contributed by atoms with van der Waals surface area (Å²) in [5, 5.41) is 0. The maximum Gasteiger partial charge on any atom is 0.119 e. The van der Waals surface area contributed by atoms with E-state index in [0.717, 1.165) is 30.9 Å². The summed E-state index contributed by atoms with van der Waals surface area (Å²) in [5.41, 5.74) is 7.58. The summed E-state index contributed by atoms with van der Waals surface area (Å²) in [6, 6.07) is 8.72. The van der Waals surface area contributed by atoms with Gasteiger partial charge in [-0.2, -0.15) is 0 Å². The van der Waals surface area contributed by atoms with Crippen molar-refractivity contribution in [1.82, 2.24) is 0 Å². The minimum Gasteiger partial charge on any atom is -0.489 e. The molecule has 3 unspecified atom stereocenters. The van der Waals surface area contributed by atoms with E-state index in [9.17, 15) is 0 Å². The van der Waals surface area contributed by atoms with Gasteiger partial charge in [0.05, 0.1) is 0 Å². The standard InChI is InChI=1S/C17H27NO/c1-3-5-14-6-9-15(10-7-14)19-17-12-13(4-2)8-11-16(17)18/h6-7,9-10,13,16-17H,3-5,8,11-12,18H2,1-2H3. The molecule has 2 heteroatoms. The molecule has 0 heterocycles. The maximum atomic E-state index is 6.20. The van der Waals surface area contributed by atoms with Crippen LogP contribution in [0.15, 0.2) is 24.3 Å². The van der Waals surface area contributed by atoms with E-state index >= 15 is 0 Å². The van der Waals surface area contributed by atoms with Gasteiger partial charge >= 0.3 is 0 Å². The Morgan fingerprint density at radius 3 is 2.53 bits per heavy atom. The fourth-order valence-corrected chi connectivity index (χ4v) is 2.94. The fraction of sp³-hybridized carbons (Fsp3) is 0.647. The van der Waals surface area contributed by atoms with Crippen molar-refractivity contribution >= 4 is 0 Å². The van der Waals surface area contributed by atoms with Crippen molar-refractivity contribution in [2.24, 2.45) is 11.7 Å². The average molecular weight is 261 g/mol. The van der Waals surface area contributed by atoms with Crippen molar-refractivity contribution in [2.45, 2.75) is 64.5 Å². The number of rotatable bonds is 5. The van der Waals surface area contributed by atoms with Crippen molar-refractivity contribution in [1.29, 1.82) is 0 Å². The van der Waals surface area contributed by atoms with E-state index in [0.29, 0.717) is 0 Å². The Balaban J connectivity index is 1.95. The third-order valence-electron chi connectivity index (χ3n) is 4.28. The molecule has 2 N–H and O–H groups in total. The molecule has 0 aromatic heterocycles. The number of hydrogen-bond donors (Lipinski definition) is 1. The first kappa shape index (κ1) is 14.4. The van der Waals surface area contributed by atoms with Gasteiger partial charge in [0.2, 0.25) is 0 Å². The van der Waals surface area contributed by atoms with Crippen LogP contribution in [0.2, 0.25) is 0 Å². The first-order valence-electron chi connectivity index (χ1n) is 7.74. The van der Waals surface area contributed by atoms with Gasteiger partial charge in [0.1, 0.15) is 11.9 Å². The molecule has 0 saturated heterocycles. The average Bonchev–Trinajstić information content (AvgIpc) is 2.44. The normalized spacial score (nSPS) is 27.2. The molecule has 1 saturated carbocycles. The van der Waals surface area contributed by atoms with Crippen LogP contribution in [0, 0.1) is 5.92 Å². The van der Waals surface area contributed by atoms with Crippen molar-refractivity contribution in [3.8, 4) is 5.75 Å². The lowest BCUT2D eigenvalue weighted by molar-refractivity contribution is 0.101.